The third-order valence-electron chi connectivity index (χ3n) is 3.66. The van der Waals surface area contributed by atoms with Gasteiger partial charge in [0.1, 0.15) is 0 Å². The number of amides is 2. The summed E-state index contributed by atoms with van der Waals surface area (Å²) in [6.07, 6.45) is 0.818. The van der Waals surface area contributed by atoms with Crippen LogP contribution in [0.1, 0.15) is 47.8 Å². The molecule has 0 saturated carbocycles. The topological polar surface area (TPSA) is 58.2 Å². The van der Waals surface area contributed by atoms with E-state index in [2.05, 4.69) is 10.6 Å². The van der Waals surface area contributed by atoms with Crippen LogP contribution >= 0.6 is 0 Å². The highest BCUT2D eigenvalue weighted by Crippen LogP contribution is 2.18. The molecular weight excluding hydrogens is 288 g/mol. The fourth-order valence-electron chi connectivity index (χ4n) is 2.37. The highest BCUT2D eigenvalue weighted by molar-refractivity contribution is 5.95. The van der Waals surface area contributed by atoms with Crippen molar-refractivity contribution in [2.75, 3.05) is 5.32 Å². The van der Waals surface area contributed by atoms with Crippen molar-refractivity contribution in [3.05, 3.63) is 65.2 Å². The minimum Gasteiger partial charge on any atom is -0.345 e. The monoisotopic (exact) mass is 310 g/mol. The largest absolute Gasteiger partial charge is 0.345 e. The molecule has 0 aliphatic carbocycles. The normalized spacial score (nSPS) is 11.6. The highest BCUT2D eigenvalue weighted by atomic mass is 16.2. The van der Waals surface area contributed by atoms with Crippen LogP contribution < -0.4 is 10.6 Å². The summed E-state index contributed by atoms with van der Waals surface area (Å²) in [7, 11) is 0. The van der Waals surface area contributed by atoms with Gasteiger partial charge >= 0.3 is 0 Å². The molecule has 0 spiro atoms. The molecule has 23 heavy (non-hydrogen) atoms. The number of carbonyl (C=O) groups is 2. The van der Waals surface area contributed by atoms with Crippen LogP contribution in [0.4, 0.5) is 5.69 Å². The average molecular weight is 310 g/mol. The smallest absolute Gasteiger partial charge is 0.251 e. The van der Waals surface area contributed by atoms with Crippen LogP contribution in [-0.4, -0.2) is 11.8 Å². The summed E-state index contributed by atoms with van der Waals surface area (Å²) in [6.45, 7) is 5.54. The maximum absolute atomic E-state index is 12.4. The van der Waals surface area contributed by atoms with Crippen LogP contribution in [0.3, 0.4) is 0 Å². The van der Waals surface area contributed by atoms with E-state index >= 15 is 0 Å². The summed E-state index contributed by atoms with van der Waals surface area (Å²) >= 11 is 0. The molecule has 0 aliphatic heterocycles. The second kappa shape index (κ2) is 7.58. The second-order valence-corrected chi connectivity index (χ2v) is 5.60. The van der Waals surface area contributed by atoms with Gasteiger partial charge in [-0.3, -0.25) is 9.59 Å². The predicted octanol–water partition coefficient (Wildman–Crippen LogP) is 3.83. The molecule has 0 bridgehead atoms. The van der Waals surface area contributed by atoms with Crippen LogP contribution in [0.2, 0.25) is 0 Å². The summed E-state index contributed by atoms with van der Waals surface area (Å²) in [5.41, 5.74) is 3.55. The molecule has 0 saturated heterocycles. The molecule has 0 fully saturated rings. The van der Waals surface area contributed by atoms with E-state index in [1.54, 1.807) is 24.3 Å². The standard InChI is InChI=1S/C19H22N2O2/c1-4-18(15-7-5-13(2)6-8-15)21-19(23)16-9-11-17(12-10-16)20-14(3)22/h5-12,18H,4H2,1-3H3,(H,20,22)(H,21,23)/t18-/m1/s1. The summed E-state index contributed by atoms with van der Waals surface area (Å²) in [5.74, 6) is -0.251. The Bertz CT molecular complexity index is 676. The molecule has 120 valence electrons. The Labute approximate surface area is 136 Å². The Morgan fingerprint density at radius 3 is 2.13 bits per heavy atom. The molecule has 0 aliphatic rings. The van der Waals surface area contributed by atoms with Crippen molar-refractivity contribution >= 4 is 17.5 Å². The van der Waals surface area contributed by atoms with Gasteiger partial charge < -0.3 is 10.6 Å². The molecular formula is C19H22N2O2. The Morgan fingerprint density at radius 2 is 1.61 bits per heavy atom. The molecule has 2 amide bonds. The van der Waals surface area contributed by atoms with Crippen molar-refractivity contribution in [1.82, 2.24) is 5.32 Å². The quantitative estimate of drug-likeness (QED) is 0.881. The zero-order valence-electron chi connectivity index (χ0n) is 13.7. The number of hydrogen-bond acceptors (Lipinski definition) is 2. The minimum atomic E-state index is -0.132. The molecule has 0 aromatic heterocycles. The van der Waals surface area contributed by atoms with Gasteiger partial charge in [0, 0.05) is 18.2 Å². The molecule has 4 heteroatoms. The first-order chi connectivity index (χ1) is 11.0. The summed E-state index contributed by atoms with van der Waals surface area (Å²) in [6, 6.07) is 15.0. The van der Waals surface area contributed by atoms with E-state index in [1.165, 1.54) is 12.5 Å². The van der Waals surface area contributed by atoms with Crippen LogP contribution in [-0.2, 0) is 4.79 Å². The van der Waals surface area contributed by atoms with Gasteiger partial charge in [-0.15, -0.1) is 0 Å². The number of anilines is 1. The minimum absolute atomic E-state index is 0.0156. The van der Waals surface area contributed by atoms with Gasteiger partial charge in [0.15, 0.2) is 0 Å². The van der Waals surface area contributed by atoms with E-state index in [1.807, 2.05) is 38.1 Å². The van der Waals surface area contributed by atoms with Crippen molar-refractivity contribution < 1.29 is 9.59 Å². The molecule has 0 heterocycles. The lowest BCUT2D eigenvalue weighted by atomic mass is 10.0. The molecule has 2 N–H and O–H groups in total. The van der Waals surface area contributed by atoms with Gasteiger partial charge in [0.05, 0.1) is 6.04 Å². The summed E-state index contributed by atoms with van der Waals surface area (Å²) in [5, 5.41) is 5.74. The van der Waals surface area contributed by atoms with Crippen molar-refractivity contribution in [3.8, 4) is 0 Å². The Hall–Kier alpha value is -2.62. The van der Waals surface area contributed by atoms with Crippen molar-refractivity contribution in [1.29, 1.82) is 0 Å². The van der Waals surface area contributed by atoms with Crippen molar-refractivity contribution in [2.45, 2.75) is 33.2 Å². The molecule has 4 nitrogen and oxygen atoms in total. The Balaban J connectivity index is 2.07. The first-order valence-corrected chi connectivity index (χ1v) is 7.74. The van der Waals surface area contributed by atoms with Gasteiger partial charge in [-0.25, -0.2) is 0 Å². The van der Waals surface area contributed by atoms with Gasteiger partial charge in [-0.2, -0.15) is 0 Å². The lowest BCUT2D eigenvalue weighted by Gasteiger charge is -2.18. The number of benzene rings is 2. The van der Waals surface area contributed by atoms with Gasteiger partial charge in [0.25, 0.3) is 5.91 Å². The predicted molar refractivity (Wildman–Crippen MR) is 92.4 cm³/mol. The van der Waals surface area contributed by atoms with Gasteiger partial charge in [-0.1, -0.05) is 36.8 Å². The van der Waals surface area contributed by atoms with Crippen LogP contribution in [0, 0.1) is 6.92 Å². The highest BCUT2D eigenvalue weighted by Gasteiger charge is 2.14. The third kappa shape index (κ3) is 4.68. The number of hydrogen-bond donors (Lipinski definition) is 2. The first-order valence-electron chi connectivity index (χ1n) is 7.74. The molecule has 0 radical (unpaired) electrons. The summed E-state index contributed by atoms with van der Waals surface area (Å²) < 4.78 is 0. The fraction of sp³-hybridized carbons (Fsp3) is 0.263. The van der Waals surface area contributed by atoms with E-state index in [-0.39, 0.29) is 17.9 Å². The Morgan fingerprint density at radius 1 is 1.00 bits per heavy atom. The van der Waals surface area contributed by atoms with Crippen LogP contribution in [0.15, 0.2) is 48.5 Å². The maximum Gasteiger partial charge on any atom is 0.251 e. The maximum atomic E-state index is 12.4. The van der Waals surface area contributed by atoms with E-state index in [4.69, 9.17) is 0 Å². The molecule has 2 aromatic carbocycles. The zero-order valence-corrected chi connectivity index (χ0v) is 13.7. The van der Waals surface area contributed by atoms with Crippen LogP contribution in [0.5, 0.6) is 0 Å². The molecule has 0 unspecified atom stereocenters. The third-order valence-corrected chi connectivity index (χ3v) is 3.66. The number of rotatable bonds is 5. The van der Waals surface area contributed by atoms with Crippen LogP contribution in [0.25, 0.3) is 0 Å². The molecule has 1 atom stereocenters. The van der Waals surface area contributed by atoms with Gasteiger partial charge in [0.2, 0.25) is 5.91 Å². The molecule has 2 aromatic rings. The van der Waals surface area contributed by atoms with Crippen molar-refractivity contribution in [3.63, 3.8) is 0 Å². The van der Waals surface area contributed by atoms with E-state index in [9.17, 15) is 9.59 Å². The summed E-state index contributed by atoms with van der Waals surface area (Å²) in [4.78, 5) is 23.4. The van der Waals surface area contributed by atoms with E-state index in [0.29, 0.717) is 11.3 Å². The SMILES string of the molecule is CC[C@@H](NC(=O)c1ccc(NC(C)=O)cc1)c1ccc(C)cc1. The fourth-order valence-corrected chi connectivity index (χ4v) is 2.37. The number of carbonyl (C=O) groups excluding carboxylic acids is 2. The Kier molecular flexibility index (Phi) is 5.52. The lowest BCUT2D eigenvalue weighted by Crippen LogP contribution is -2.28. The number of nitrogens with one attached hydrogen (secondary N) is 2. The zero-order chi connectivity index (χ0) is 16.8. The van der Waals surface area contributed by atoms with E-state index in [0.717, 1.165) is 12.0 Å². The molecule has 2 rings (SSSR count). The number of aryl methyl sites for hydroxylation is 1. The first kappa shape index (κ1) is 16.7. The lowest BCUT2D eigenvalue weighted by molar-refractivity contribution is -0.114. The van der Waals surface area contributed by atoms with Gasteiger partial charge in [-0.05, 0) is 43.2 Å². The second-order valence-electron chi connectivity index (χ2n) is 5.60. The van der Waals surface area contributed by atoms with E-state index < -0.39 is 0 Å². The average Bonchev–Trinajstić information content (AvgIpc) is 2.53. The van der Waals surface area contributed by atoms with Crippen molar-refractivity contribution in [2.24, 2.45) is 0 Å².